The fourth-order valence-corrected chi connectivity index (χ4v) is 2.56. The van der Waals surface area contributed by atoms with Crippen LogP contribution in [0.5, 0.6) is 0 Å². The molecule has 2 aromatic heterocycles. The molecule has 0 aliphatic heterocycles. The van der Waals surface area contributed by atoms with E-state index in [1.54, 1.807) is 13.0 Å². The lowest BCUT2D eigenvalue weighted by Gasteiger charge is -2.15. The van der Waals surface area contributed by atoms with Gasteiger partial charge in [0, 0.05) is 32.0 Å². The van der Waals surface area contributed by atoms with E-state index in [0.29, 0.717) is 5.76 Å². The summed E-state index contributed by atoms with van der Waals surface area (Å²) in [5.74, 6) is -0.986. The van der Waals surface area contributed by atoms with E-state index in [1.807, 2.05) is 0 Å². The number of hydrogen-bond acceptors (Lipinski definition) is 6. The van der Waals surface area contributed by atoms with E-state index >= 15 is 0 Å². The average Bonchev–Trinajstić information content (AvgIpc) is 3.28. The number of halogens is 2. The van der Waals surface area contributed by atoms with Crippen molar-refractivity contribution in [1.29, 1.82) is 0 Å². The quantitative estimate of drug-likeness (QED) is 0.650. The third-order valence-corrected chi connectivity index (χ3v) is 4.00. The summed E-state index contributed by atoms with van der Waals surface area (Å²) >= 11 is 0. The van der Waals surface area contributed by atoms with E-state index in [-0.39, 0.29) is 48.3 Å². The monoisotopic (exact) mass is 404 g/mol. The molecule has 152 valence electrons. The van der Waals surface area contributed by atoms with Crippen molar-refractivity contribution in [3.05, 3.63) is 53.7 Å². The fourth-order valence-electron chi connectivity index (χ4n) is 2.56. The Bertz CT molecular complexity index is 1030. The standard InChI is InChI=1S/C19H18F2N4O4/c1-11-7-16(24-29-11)23-17(26)10-25(2)19(27)6-5-18-22-9-15(28-18)13-4-3-12(20)8-14(13)21/h3-4,7-9H,5-6,10H2,1-2H3,(H,23,24,26). The molecule has 0 spiro atoms. The number of aryl methyl sites for hydroxylation is 2. The molecule has 8 nitrogen and oxygen atoms in total. The summed E-state index contributed by atoms with van der Waals surface area (Å²) in [5, 5.41) is 6.17. The van der Waals surface area contributed by atoms with E-state index in [0.717, 1.165) is 12.1 Å². The Morgan fingerprint density at radius 1 is 1.24 bits per heavy atom. The number of anilines is 1. The molecule has 0 aliphatic carbocycles. The van der Waals surface area contributed by atoms with Gasteiger partial charge in [-0.2, -0.15) is 0 Å². The summed E-state index contributed by atoms with van der Waals surface area (Å²) in [6, 6.07) is 4.68. The number of aromatic nitrogens is 2. The zero-order chi connectivity index (χ0) is 21.0. The predicted octanol–water partition coefficient (Wildman–Crippen LogP) is 2.95. The first-order chi connectivity index (χ1) is 13.8. The third-order valence-electron chi connectivity index (χ3n) is 4.00. The molecule has 2 heterocycles. The van der Waals surface area contributed by atoms with Gasteiger partial charge < -0.3 is 19.2 Å². The van der Waals surface area contributed by atoms with Crippen molar-refractivity contribution in [1.82, 2.24) is 15.0 Å². The van der Waals surface area contributed by atoms with E-state index in [2.05, 4.69) is 15.5 Å². The Morgan fingerprint density at radius 2 is 2.03 bits per heavy atom. The van der Waals surface area contributed by atoms with Crippen LogP contribution < -0.4 is 5.32 Å². The maximum Gasteiger partial charge on any atom is 0.245 e. The van der Waals surface area contributed by atoms with E-state index in [9.17, 15) is 18.4 Å². The lowest BCUT2D eigenvalue weighted by atomic mass is 10.2. The molecule has 0 bridgehead atoms. The second kappa shape index (κ2) is 8.63. The molecule has 3 aromatic rings. The second-order valence-corrected chi connectivity index (χ2v) is 6.36. The molecule has 29 heavy (non-hydrogen) atoms. The summed E-state index contributed by atoms with van der Waals surface area (Å²) < 4.78 is 37.1. The summed E-state index contributed by atoms with van der Waals surface area (Å²) in [6.07, 6.45) is 1.52. The molecule has 0 aliphatic rings. The summed E-state index contributed by atoms with van der Waals surface area (Å²) in [5.41, 5.74) is 0.0772. The van der Waals surface area contributed by atoms with Gasteiger partial charge in [-0.15, -0.1) is 0 Å². The number of hydrogen-bond donors (Lipinski definition) is 1. The Labute approximate surface area is 164 Å². The first-order valence-corrected chi connectivity index (χ1v) is 8.69. The van der Waals surface area contributed by atoms with Crippen LogP contribution in [0.15, 0.2) is 39.4 Å². The van der Waals surface area contributed by atoms with Gasteiger partial charge in [0.15, 0.2) is 17.5 Å². The Kier molecular flexibility index (Phi) is 6.01. The van der Waals surface area contributed by atoms with Gasteiger partial charge in [0.05, 0.1) is 18.3 Å². The van der Waals surface area contributed by atoms with Gasteiger partial charge in [0.2, 0.25) is 11.8 Å². The van der Waals surface area contributed by atoms with Crippen molar-refractivity contribution < 1.29 is 27.3 Å². The number of carbonyl (C=O) groups is 2. The highest BCUT2D eigenvalue weighted by Gasteiger charge is 2.17. The van der Waals surface area contributed by atoms with Crippen molar-refractivity contribution in [2.24, 2.45) is 0 Å². The van der Waals surface area contributed by atoms with Crippen LogP contribution in [0.3, 0.4) is 0 Å². The first kappa shape index (κ1) is 20.2. The maximum atomic E-state index is 13.8. The number of nitrogens with one attached hydrogen (secondary N) is 1. The Hall–Kier alpha value is -3.56. The normalized spacial score (nSPS) is 10.8. The number of nitrogens with zero attached hydrogens (tertiary/aromatic N) is 3. The van der Waals surface area contributed by atoms with Gasteiger partial charge in [0.25, 0.3) is 0 Å². The van der Waals surface area contributed by atoms with Gasteiger partial charge >= 0.3 is 0 Å². The minimum atomic E-state index is -0.767. The molecule has 0 radical (unpaired) electrons. The molecule has 0 saturated heterocycles. The number of benzene rings is 1. The Morgan fingerprint density at radius 3 is 2.72 bits per heavy atom. The lowest BCUT2D eigenvalue weighted by molar-refractivity contribution is -0.133. The van der Waals surface area contributed by atoms with Crippen LogP contribution in [0, 0.1) is 18.6 Å². The number of oxazole rings is 1. The SMILES string of the molecule is Cc1cc(NC(=O)CN(C)C(=O)CCc2ncc(-c3ccc(F)cc3F)o2)no1. The molecule has 1 N–H and O–H groups in total. The smallest absolute Gasteiger partial charge is 0.245 e. The average molecular weight is 404 g/mol. The van der Waals surface area contributed by atoms with Crippen LogP contribution in [0.25, 0.3) is 11.3 Å². The number of carbonyl (C=O) groups excluding carboxylic acids is 2. The maximum absolute atomic E-state index is 13.8. The molecule has 1 aromatic carbocycles. The zero-order valence-corrected chi connectivity index (χ0v) is 15.7. The predicted molar refractivity (Wildman–Crippen MR) is 97.7 cm³/mol. The number of likely N-dealkylation sites (N-methyl/N-ethyl adjacent to an activating group) is 1. The van der Waals surface area contributed by atoms with Gasteiger partial charge in [-0.3, -0.25) is 9.59 Å². The van der Waals surface area contributed by atoms with Crippen LogP contribution in [0.1, 0.15) is 18.1 Å². The summed E-state index contributed by atoms with van der Waals surface area (Å²) in [7, 11) is 1.49. The largest absolute Gasteiger partial charge is 0.441 e. The third kappa shape index (κ3) is 5.24. The summed E-state index contributed by atoms with van der Waals surface area (Å²) in [4.78, 5) is 29.4. The van der Waals surface area contributed by atoms with Crippen LogP contribution in [-0.4, -0.2) is 40.4 Å². The minimum absolute atomic E-state index is 0.0404. The molecular formula is C19H18F2N4O4. The van der Waals surface area contributed by atoms with E-state index < -0.39 is 17.5 Å². The highest BCUT2D eigenvalue weighted by molar-refractivity contribution is 5.93. The molecule has 0 atom stereocenters. The molecule has 0 fully saturated rings. The highest BCUT2D eigenvalue weighted by atomic mass is 19.1. The summed E-state index contributed by atoms with van der Waals surface area (Å²) in [6.45, 7) is 1.53. The van der Waals surface area contributed by atoms with Crippen LogP contribution in [0.2, 0.25) is 0 Å². The second-order valence-electron chi connectivity index (χ2n) is 6.36. The molecule has 10 heteroatoms. The minimum Gasteiger partial charge on any atom is -0.441 e. The molecule has 3 rings (SSSR count). The van der Waals surface area contributed by atoms with Crippen molar-refractivity contribution >= 4 is 17.6 Å². The molecule has 2 amide bonds. The molecular weight excluding hydrogens is 386 g/mol. The van der Waals surface area contributed by atoms with E-state index in [1.165, 1.54) is 24.2 Å². The lowest BCUT2D eigenvalue weighted by Crippen LogP contribution is -2.35. The Balaban J connectivity index is 1.51. The van der Waals surface area contributed by atoms with Crippen LogP contribution in [0.4, 0.5) is 14.6 Å². The fraction of sp³-hybridized carbons (Fsp3) is 0.263. The van der Waals surface area contributed by atoms with Gasteiger partial charge in [0.1, 0.15) is 17.4 Å². The number of rotatable bonds is 7. The van der Waals surface area contributed by atoms with Crippen LogP contribution in [-0.2, 0) is 16.0 Å². The van der Waals surface area contributed by atoms with Crippen molar-refractivity contribution in [2.75, 3.05) is 18.9 Å². The highest BCUT2D eigenvalue weighted by Crippen LogP contribution is 2.24. The van der Waals surface area contributed by atoms with Crippen LogP contribution >= 0.6 is 0 Å². The van der Waals surface area contributed by atoms with Crippen molar-refractivity contribution in [3.63, 3.8) is 0 Å². The van der Waals surface area contributed by atoms with Gasteiger partial charge in [-0.05, 0) is 19.1 Å². The van der Waals surface area contributed by atoms with Crippen molar-refractivity contribution in [3.8, 4) is 11.3 Å². The van der Waals surface area contributed by atoms with Crippen molar-refractivity contribution in [2.45, 2.75) is 19.8 Å². The molecule has 0 saturated carbocycles. The topological polar surface area (TPSA) is 101 Å². The molecule has 0 unspecified atom stereocenters. The zero-order valence-electron chi connectivity index (χ0n) is 15.7. The van der Waals surface area contributed by atoms with Gasteiger partial charge in [-0.1, -0.05) is 5.16 Å². The number of amides is 2. The van der Waals surface area contributed by atoms with E-state index in [4.69, 9.17) is 8.94 Å². The first-order valence-electron chi connectivity index (χ1n) is 8.69. The van der Waals surface area contributed by atoms with Gasteiger partial charge in [-0.25, -0.2) is 13.8 Å².